The van der Waals surface area contributed by atoms with Crippen LogP contribution in [-0.2, 0) is 13.1 Å². The molecule has 0 spiro atoms. The maximum Gasteiger partial charge on any atom is 0.0336 e. The molecule has 1 N–H and O–H groups in total. The Labute approximate surface area is 121 Å². The topological polar surface area (TPSA) is 15.3 Å². The number of thiophene rings is 1. The molecular formula is C16H26N2S. The Balaban J connectivity index is 1.90. The van der Waals surface area contributed by atoms with Gasteiger partial charge in [-0.2, -0.15) is 0 Å². The van der Waals surface area contributed by atoms with Crippen LogP contribution in [0.2, 0.25) is 0 Å². The molecule has 1 aromatic rings. The van der Waals surface area contributed by atoms with Gasteiger partial charge in [-0.1, -0.05) is 6.08 Å². The largest absolute Gasteiger partial charge is 0.309 e. The molecule has 0 radical (unpaired) electrons. The minimum Gasteiger partial charge on any atom is -0.309 e. The Bertz CT molecular complexity index is 413. The molecule has 0 amide bonds. The third-order valence-corrected chi connectivity index (χ3v) is 4.57. The SMILES string of the molecule is C=CCN(Cc1ccc(CNC2CC2)s1)C(C)(C)C. The molecule has 1 aromatic heterocycles. The van der Waals surface area contributed by atoms with Crippen molar-refractivity contribution in [2.45, 2.75) is 58.3 Å². The highest BCUT2D eigenvalue weighted by Crippen LogP contribution is 2.24. The molecule has 106 valence electrons. The minimum absolute atomic E-state index is 0.185. The van der Waals surface area contributed by atoms with E-state index in [1.807, 2.05) is 17.4 Å². The summed E-state index contributed by atoms with van der Waals surface area (Å²) in [5.41, 5.74) is 0.185. The lowest BCUT2D eigenvalue weighted by Gasteiger charge is -2.34. The van der Waals surface area contributed by atoms with Crippen LogP contribution in [0.25, 0.3) is 0 Å². The van der Waals surface area contributed by atoms with Gasteiger partial charge >= 0.3 is 0 Å². The van der Waals surface area contributed by atoms with E-state index in [0.717, 1.165) is 25.7 Å². The van der Waals surface area contributed by atoms with Crippen LogP contribution in [0.15, 0.2) is 24.8 Å². The Morgan fingerprint density at radius 2 is 2.05 bits per heavy atom. The van der Waals surface area contributed by atoms with Crippen LogP contribution < -0.4 is 5.32 Å². The van der Waals surface area contributed by atoms with Crippen LogP contribution >= 0.6 is 11.3 Å². The monoisotopic (exact) mass is 278 g/mol. The number of rotatable bonds is 7. The van der Waals surface area contributed by atoms with Gasteiger partial charge in [0.15, 0.2) is 0 Å². The van der Waals surface area contributed by atoms with Gasteiger partial charge in [-0.3, -0.25) is 4.90 Å². The summed E-state index contributed by atoms with van der Waals surface area (Å²) in [7, 11) is 0. The van der Waals surface area contributed by atoms with Gasteiger partial charge in [0.05, 0.1) is 0 Å². The normalized spacial score (nSPS) is 16.0. The summed E-state index contributed by atoms with van der Waals surface area (Å²) in [6.45, 7) is 13.7. The first-order valence-corrected chi connectivity index (χ1v) is 7.97. The van der Waals surface area contributed by atoms with Crippen molar-refractivity contribution in [2.24, 2.45) is 0 Å². The van der Waals surface area contributed by atoms with Crippen molar-refractivity contribution in [3.8, 4) is 0 Å². The van der Waals surface area contributed by atoms with Gasteiger partial charge in [-0.15, -0.1) is 17.9 Å². The molecule has 0 aromatic carbocycles. The zero-order valence-electron chi connectivity index (χ0n) is 12.4. The summed E-state index contributed by atoms with van der Waals surface area (Å²) in [6, 6.07) is 5.33. The molecule has 1 fully saturated rings. The van der Waals surface area contributed by atoms with E-state index in [4.69, 9.17) is 0 Å². The van der Waals surface area contributed by atoms with E-state index in [0.29, 0.717) is 0 Å². The van der Waals surface area contributed by atoms with Crippen LogP contribution in [0.3, 0.4) is 0 Å². The highest BCUT2D eigenvalue weighted by atomic mass is 32.1. The summed E-state index contributed by atoms with van der Waals surface area (Å²) in [6.07, 6.45) is 4.71. The third-order valence-electron chi connectivity index (χ3n) is 3.50. The number of hydrogen-bond donors (Lipinski definition) is 1. The molecule has 1 aliphatic rings. The zero-order valence-corrected chi connectivity index (χ0v) is 13.2. The summed E-state index contributed by atoms with van der Waals surface area (Å²) in [4.78, 5) is 5.36. The molecule has 2 rings (SSSR count). The minimum atomic E-state index is 0.185. The van der Waals surface area contributed by atoms with Crippen molar-refractivity contribution in [1.82, 2.24) is 10.2 Å². The second-order valence-electron chi connectivity index (χ2n) is 6.36. The predicted octanol–water partition coefficient (Wildman–Crippen LogP) is 3.79. The van der Waals surface area contributed by atoms with Crippen molar-refractivity contribution in [3.63, 3.8) is 0 Å². The van der Waals surface area contributed by atoms with E-state index in [9.17, 15) is 0 Å². The molecule has 0 aliphatic heterocycles. The van der Waals surface area contributed by atoms with Gasteiger partial charge in [0.2, 0.25) is 0 Å². The average molecular weight is 278 g/mol. The van der Waals surface area contributed by atoms with Crippen LogP contribution in [0.1, 0.15) is 43.4 Å². The van der Waals surface area contributed by atoms with Gasteiger partial charge in [0, 0.05) is 41.0 Å². The van der Waals surface area contributed by atoms with Crippen LogP contribution in [0, 0.1) is 0 Å². The Morgan fingerprint density at radius 3 is 2.63 bits per heavy atom. The maximum atomic E-state index is 3.87. The lowest BCUT2D eigenvalue weighted by Crippen LogP contribution is -2.40. The lowest BCUT2D eigenvalue weighted by atomic mass is 10.1. The molecule has 1 heterocycles. The lowest BCUT2D eigenvalue weighted by molar-refractivity contribution is 0.147. The molecule has 1 aliphatic carbocycles. The molecule has 19 heavy (non-hydrogen) atoms. The Morgan fingerprint density at radius 1 is 1.37 bits per heavy atom. The fourth-order valence-electron chi connectivity index (χ4n) is 2.05. The van der Waals surface area contributed by atoms with Gasteiger partial charge < -0.3 is 5.32 Å². The van der Waals surface area contributed by atoms with Gasteiger partial charge in [0.1, 0.15) is 0 Å². The van der Waals surface area contributed by atoms with Gasteiger partial charge in [-0.05, 0) is 45.7 Å². The average Bonchev–Trinajstić information content (AvgIpc) is 3.05. The van der Waals surface area contributed by atoms with Crippen molar-refractivity contribution in [2.75, 3.05) is 6.54 Å². The molecule has 2 nitrogen and oxygen atoms in total. The summed E-state index contributed by atoms with van der Waals surface area (Å²) < 4.78 is 0. The van der Waals surface area contributed by atoms with Crippen molar-refractivity contribution >= 4 is 11.3 Å². The van der Waals surface area contributed by atoms with Gasteiger partial charge in [-0.25, -0.2) is 0 Å². The molecule has 0 saturated heterocycles. The van der Waals surface area contributed by atoms with E-state index in [1.54, 1.807) is 0 Å². The first-order chi connectivity index (χ1) is 8.99. The summed E-state index contributed by atoms with van der Waals surface area (Å²) in [5.74, 6) is 0. The Hall–Kier alpha value is -0.640. The van der Waals surface area contributed by atoms with Gasteiger partial charge in [0.25, 0.3) is 0 Å². The highest BCUT2D eigenvalue weighted by molar-refractivity contribution is 7.11. The first-order valence-electron chi connectivity index (χ1n) is 7.16. The molecule has 0 atom stereocenters. The number of nitrogens with zero attached hydrogens (tertiary/aromatic N) is 1. The highest BCUT2D eigenvalue weighted by Gasteiger charge is 2.22. The molecular weight excluding hydrogens is 252 g/mol. The first kappa shape index (κ1) is 14.8. The van der Waals surface area contributed by atoms with E-state index >= 15 is 0 Å². The summed E-state index contributed by atoms with van der Waals surface area (Å²) >= 11 is 1.93. The zero-order chi connectivity index (χ0) is 13.9. The Kier molecular flexibility index (Phi) is 4.82. The second kappa shape index (κ2) is 6.21. The predicted molar refractivity (Wildman–Crippen MR) is 84.5 cm³/mol. The van der Waals surface area contributed by atoms with Crippen molar-refractivity contribution in [3.05, 3.63) is 34.5 Å². The quantitative estimate of drug-likeness (QED) is 0.763. The molecule has 0 bridgehead atoms. The van der Waals surface area contributed by atoms with Crippen LogP contribution in [0.4, 0.5) is 0 Å². The molecule has 1 saturated carbocycles. The number of hydrogen-bond acceptors (Lipinski definition) is 3. The van der Waals surface area contributed by atoms with E-state index < -0.39 is 0 Å². The summed E-state index contributed by atoms with van der Waals surface area (Å²) in [5, 5.41) is 3.58. The van der Waals surface area contributed by atoms with Crippen molar-refractivity contribution in [1.29, 1.82) is 0 Å². The standard InChI is InChI=1S/C16H26N2S/c1-5-10-18(16(2,3)4)12-15-9-8-14(19-15)11-17-13-6-7-13/h5,8-9,13,17H,1,6-7,10-12H2,2-4H3. The van der Waals surface area contributed by atoms with Crippen LogP contribution in [-0.4, -0.2) is 23.0 Å². The fourth-order valence-corrected chi connectivity index (χ4v) is 3.04. The van der Waals surface area contributed by atoms with E-state index in [-0.39, 0.29) is 5.54 Å². The smallest absolute Gasteiger partial charge is 0.0336 e. The van der Waals surface area contributed by atoms with Crippen molar-refractivity contribution < 1.29 is 0 Å². The fraction of sp³-hybridized carbons (Fsp3) is 0.625. The molecule has 3 heteroatoms. The van der Waals surface area contributed by atoms with Crippen LogP contribution in [0.5, 0.6) is 0 Å². The third kappa shape index (κ3) is 4.75. The van der Waals surface area contributed by atoms with E-state index in [1.165, 1.54) is 22.6 Å². The second-order valence-corrected chi connectivity index (χ2v) is 7.62. The molecule has 0 unspecified atom stereocenters. The number of nitrogens with one attached hydrogen (secondary N) is 1. The maximum absolute atomic E-state index is 3.87. The van der Waals surface area contributed by atoms with E-state index in [2.05, 4.69) is 49.7 Å².